The molecule has 1 amide bonds. The minimum Gasteiger partial charge on any atom is -0.352 e. The highest BCUT2D eigenvalue weighted by Crippen LogP contribution is 2.35. The topological polar surface area (TPSA) is 44.7 Å². The van der Waals surface area contributed by atoms with Crippen LogP contribution >= 0.6 is 11.6 Å². The van der Waals surface area contributed by atoms with Gasteiger partial charge in [0.1, 0.15) is 0 Å². The number of amides is 1. The van der Waals surface area contributed by atoms with Gasteiger partial charge >= 0.3 is 0 Å². The summed E-state index contributed by atoms with van der Waals surface area (Å²) in [5.41, 5.74) is 9.25. The molecule has 34 heavy (non-hydrogen) atoms. The number of nitrogens with zero attached hydrogens (tertiary/aromatic N) is 2. The average molecular weight is 472 g/mol. The van der Waals surface area contributed by atoms with E-state index in [-0.39, 0.29) is 5.91 Å². The molecule has 2 aromatic carbocycles. The predicted molar refractivity (Wildman–Crippen MR) is 142 cm³/mol. The Bertz CT molecular complexity index is 1230. The Kier molecular flexibility index (Phi) is 7.18. The van der Waals surface area contributed by atoms with Gasteiger partial charge in [-0.25, -0.2) is 0 Å². The molecule has 5 heteroatoms. The van der Waals surface area contributed by atoms with Crippen LogP contribution in [0.3, 0.4) is 0 Å². The summed E-state index contributed by atoms with van der Waals surface area (Å²) < 4.78 is 0. The van der Waals surface area contributed by atoms with Gasteiger partial charge in [0, 0.05) is 29.8 Å². The first-order valence-corrected chi connectivity index (χ1v) is 11.9. The second-order valence-corrected chi connectivity index (χ2v) is 9.23. The van der Waals surface area contributed by atoms with Crippen molar-refractivity contribution in [1.82, 2.24) is 10.3 Å². The molecule has 0 unspecified atom stereocenters. The van der Waals surface area contributed by atoms with E-state index in [9.17, 15) is 4.79 Å². The second-order valence-electron chi connectivity index (χ2n) is 8.82. The molecule has 0 aromatic heterocycles. The molecule has 1 N–H and O–H groups in total. The van der Waals surface area contributed by atoms with E-state index in [0.29, 0.717) is 17.2 Å². The highest BCUT2D eigenvalue weighted by atomic mass is 35.5. The van der Waals surface area contributed by atoms with Gasteiger partial charge in [0.05, 0.1) is 17.5 Å². The minimum absolute atomic E-state index is 0.0937. The standard InChI is InChI=1S/C29H30ClN3O/c1-19-8-12-23(13-9-19)25-18-32-33(4)21(3)28(25)24-14-10-22(11-15-24)16-17-31-29(34)27-20(2)6-5-7-26(27)30/h7-15,18H,3,5-6,16-17H2,1-2,4H3,(H,31,34). The molecular formula is C29H30ClN3O. The van der Waals surface area contributed by atoms with E-state index in [0.717, 1.165) is 58.4 Å². The number of nitrogens with one attached hydrogen (secondary N) is 1. The van der Waals surface area contributed by atoms with Gasteiger partial charge in [0.15, 0.2) is 0 Å². The summed E-state index contributed by atoms with van der Waals surface area (Å²) in [6.45, 7) is 8.90. The molecule has 0 fully saturated rings. The fourth-order valence-electron chi connectivity index (χ4n) is 4.27. The molecule has 4 nitrogen and oxygen atoms in total. The summed E-state index contributed by atoms with van der Waals surface area (Å²) in [4.78, 5) is 12.6. The van der Waals surface area contributed by atoms with Crippen molar-refractivity contribution in [2.45, 2.75) is 33.1 Å². The van der Waals surface area contributed by atoms with Crippen LogP contribution in [0.15, 0.2) is 88.2 Å². The maximum absolute atomic E-state index is 12.6. The van der Waals surface area contributed by atoms with Crippen LogP contribution in [-0.2, 0) is 11.2 Å². The molecule has 0 bridgehead atoms. The number of halogens is 1. The summed E-state index contributed by atoms with van der Waals surface area (Å²) >= 11 is 6.26. The largest absolute Gasteiger partial charge is 0.352 e. The SMILES string of the molecule is C=C1C(c2ccc(CCNC(=O)C3=C(C)CCC=C3Cl)cc2)=C(c2ccc(C)cc2)C=NN1C. The number of allylic oxidation sites excluding steroid dienone is 4. The van der Waals surface area contributed by atoms with Crippen molar-refractivity contribution in [2.75, 3.05) is 13.6 Å². The van der Waals surface area contributed by atoms with E-state index in [4.69, 9.17) is 11.6 Å². The normalized spacial score (nSPS) is 16.2. The van der Waals surface area contributed by atoms with E-state index in [1.807, 2.05) is 26.3 Å². The number of benzene rings is 2. The lowest BCUT2D eigenvalue weighted by molar-refractivity contribution is -0.117. The summed E-state index contributed by atoms with van der Waals surface area (Å²) in [5, 5.41) is 9.86. The molecule has 0 atom stereocenters. The fraction of sp³-hybridized carbons (Fsp3) is 0.241. The van der Waals surface area contributed by atoms with Gasteiger partial charge in [0.25, 0.3) is 5.91 Å². The van der Waals surface area contributed by atoms with E-state index < -0.39 is 0 Å². The number of carbonyl (C=O) groups excluding carboxylic acids is 1. The van der Waals surface area contributed by atoms with Crippen molar-refractivity contribution in [1.29, 1.82) is 0 Å². The third-order valence-electron chi connectivity index (χ3n) is 6.35. The second kappa shape index (κ2) is 10.3. The first-order valence-electron chi connectivity index (χ1n) is 11.6. The molecule has 0 radical (unpaired) electrons. The van der Waals surface area contributed by atoms with Crippen molar-refractivity contribution in [3.05, 3.63) is 105 Å². The third kappa shape index (κ3) is 5.07. The maximum Gasteiger partial charge on any atom is 0.252 e. The van der Waals surface area contributed by atoms with Crippen LogP contribution in [0.1, 0.15) is 42.0 Å². The number of carbonyl (C=O) groups is 1. The Morgan fingerprint density at radius 2 is 1.76 bits per heavy atom. The Morgan fingerprint density at radius 1 is 1.09 bits per heavy atom. The Balaban J connectivity index is 1.49. The van der Waals surface area contributed by atoms with Crippen molar-refractivity contribution in [3.63, 3.8) is 0 Å². The van der Waals surface area contributed by atoms with Crippen molar-refractivity contribution >= 4 is 34.9 Å². The molecule has 0 saturated heterocycles. The van der Waals surface area contributed by atoms with Gasteiger partial charge in [-0.05, 0) is 49.8 Å². The summed E-state index contributed by atoms with van der Waals surface area (Å²) in [5.74, 6) is -0.0937. The number of aryl methyl sites for hydroxylation is 1. The number of hydrogen-bond donors (Lipinski definition) is 1. The highest BCUT2D eigenvalue weighted by Gasteiger charge is 2.21. The van der Waals surface area contributed by atoms with Crippen LogP contribution < -0.4 is 5.32 Å². The number of likely N-dealkylation sites (N-methyl/N-ethyl adjacent to an activating group) is 1. The predicted octanol–water partition coefficient (Wildman–Crippen LogP) is 6.24. The monoisotopic (exact) mass is 471 g/mol. The van der Waals surface area contributed by atoms with E-state index in [2.05, 4.69) is 72.5 Å². The van der Waals surface area contributed by atoms with Gasteiger partial charge in [-0.1, -0.05) is 83.9 Å². The molecule has 2 aliphatic rings. The molecule has 4 rings (SSSR count). The molecule has 1 aliphatic heterocycles. The van der Waals surface area contributed by atoms with E-state index in [1.165, 1.54) is 5.56 Å². The first kappa shape index (κ1) is 23.8. The number of hydrazone groups is 1. The minimum atomic E-state index is -0.0937. The van der Waals surface area contributed by atoms with E-state index >= 15 is 0 Å². The Labute approximate surface area is 207 Å². The fourth-order valence-corrected chi connectivity index (χ4v) is 4.62. The van der Waals surface area contributed by atoms with Crippen LogP contribution in [0.25, 0.3) is 11.1 Å². The smallest absolute Gasteiger partial charge is 0.252 e. The van der Waals surface area contributed by atoms with Gasteiger partial charge in [-0.2, -0.15) is 5.10 Å². The van der Waals surface area contributed by atoms with Crippen LogP contribution in [0.4, 0.5) is 0 Å². The van der Waals surface area contributed by atoms with Crippen LogP contribution in [0.2, 0.25) is 0 Å². The summed E-state index contributed by atoms with van der Waals surface area (Å²) in [6, 6.07) is 16.9. The van der Waals surface area contributed by atoms with Crippen LogP contribution in [0.5, 0.6) is 0 Å². The average Bonchev–Trinajstić information content (AvgIpc) is 2.82. The summed E-state index contributed by atoms with van der Waals surface area (Å²) in [7, 11) is 1.91. The van der Waals surface area contributed by atoms with Crippen LogP contribution in [-0.4, -0.2) is 30.7 Å². The van der Waals surface area contributed by atoms with Crippen molar-refractivity contribution in [2.24, 2.45) is 5.10 Å². The summed E-state index contributed by atoms with van der Waals surface area (Å²) in [6.07, 6.45) is 6.34. The van der Waals surface area contributed by atoms with Gasteiger partial charge in [-0.15, -0.1) is 0 Å². The zero-order valence-electron chi connectivity index (χ0n) is 20.0. The maximum atomic E-state index is 12.6. The number of hydrogen-bond acceptors (Lipinski definition) is 3. The third-order valence-corrected chi connectivity index (χ3v) is 6.69. The van der Waals surface area contributed by atoms with Gasteiger partial charge < -0.3 is 5.32 Å². The van der Waals surface area contributed by atoms with Crippen molar-refractivity contribution < 1.29 is 4.79 Å². The first-order chi connectivity index (χ1) is 16.3. The molecule has 2 aromatic rings. The number of rotatable bonds is 6. The molecule has 0 saturated carbocycles. The lowest BCUT2D eigenvalue weighted by atomic mass is 9.91. The molecule has 0 spiro atoms. The van der Waals surface area contributed by atoms with Crippen molar-refractivity contribution in [3.8, 4) is 0 Å². The molecular weight excluding hydrogens is 442 g/mol. The molecule has 1 heterocycles. The lowest BCUT2D eigenvalue weighted by Crippen LogP contribution is -2.28. The quantitative estimate of drug-likeness (QED) is 0.541. The van der Waals surface area contributed by atoms with Gasteiger partial charge in [-0.3, -0.25) is 9.80 Å². The molecule has 1 aliphatic carbocycles. The van der Waals surface area contributed by atoms with E-state index in [1.54, 1.807) is 5.01 Å². The Hall–Kier alpha value is -3.37. The zero-order chi connectivity index (χ0) is 24.2. The lowest BCUT2D eigenvalue weighted by Gasteiger charge is -2.26. The highest BCUT2D eigenvalue weighted by molar-refractivity contribution is 6.35. The van der Waals surface area contributed by atoms with Crippen LogP contribution in [0, 0.1) is 6.92 Å². The van der Waals surface area contributed by atoms with Gasteiger partial charge in [0.2, 0.25) is 0 Å². The molecule has 174 valence electrons. The zero-order valence-corrected chi connectivity index (χ0v) is 20.7. The Morgan fingerprint density at radius 3 is 2.44 bits per heavy atom.